The van der Waals surface area contributed by atoms with Crippen LogP contribution in [0.2, 0.25) is 0 Å². The molecule has 0 N–H and O–H groups in total. The van der Waals surface area contributed by atoms with E-state index in [1.165, 1.54) is 41.0 Å². The SMILES string of the molecule is CCCc1ccc(C(C)(c2ccc(-c3ccc(F)cc3F)cc2)C(Cc2ccc(-c3ccc(F)cc3F)cc2)c2ccc(CC)cc2)cc1. The predicted octanol–water partition coefficient (Wildman–Crippen LogP) is 12.4. The minimum Gasteiger partial charge on any atom is -0.207 e. The molecule has 0 saturated carbocycles. The Morgan fingerprint density at radius 3 is 1.43 bits per heavy atom. The fourth-order valence-corrected chi connectivity index (χ4v) is 7.02. The van der Waals surface area contributed by atoms with Gasteiger partial charge >= 0.3 is 0 Å². The molecular weight excluding hydrogens is 616 g/mol. The van der Waals surface area contributed by atoms with E-state index in [9.17, 15) is 17.6 Å². The number of rotatable bonds is 11. The number of benzene rings is 6. The van der Waals surface area contributed by atoms with E-state index in [4.69, 9.17) is 0 Å². The van der Waals surface area contributed by atoms with E-state index < -0.39 is 28.7 Å². The summed E-state index contributed by atoms with van der Waals surface area (Å²) in [5.41, 5.74) is 8.55. The van der Waals surface area contributed by atoms with Crippen molar-refractivity contribution in [2.24, 2.45) is 0 Å². The first kappa shape index (κ1) is 33.9. The highest BCUT2D eigenvalue weighted by molar-refractivity contribution is 5.66. The Morgan fingerprint density at radius 2 is 0.959 bits per heavy atom. The van der Waals surface area contributed by atoms with Crippen molar-refractivity contribution in [2.75, 3.05) is 0 Å². The minimum atomic E-state index is -0.607. The van der Waals surface area contributed by atoms with Crippen molar-refractivity contribution in [3.63, 3.8) is 0 Å². The molecule has 0 saturated heterocycles. The maximum atomic E-state index is 14.8. The molecule has 0 aliphatic heterocycles. The van der Waals surface area contributed by atoms with Crippen LogP contribution in [0.15, 0.2) is 133 Å². The van der Waals surface area contributed by atoms with Gasteiger partial charge in [0.05, 0.1) is 0 Å². The number of hydrogen-bond donors (Lipinski definition) is 0. The van der Waals surface area contributed by atoms with E-state index in [1.807, 2.05) is 36.4 Å². The van der Waals surface area contributed by atoms with Gasteiger partial charge in [0.15, 0.2) is 0 Å². The second kappa shape index (κ2) is 14.7. The first-order valence-electron chi connectivity index (χ1n) is 17.0. The monoisotopic (exact) mass is 656 g/mol. The molecule has 248 valence electrons. The number of aryl methyl sites for hydroxylation is 2. The van der Waals surface area contributed by atoms with E-state index >= 15 is 0 Å². The van der Waals surface area contributed by atoms with Crippen molar-refractivity contribution in [1.82, 2.24) is 0 Å². The molecule has 0 nitrogen and oxygen atoms in total. The highest BCUT2D eigenvalue weighted by Gasteiger charge is 2.39. The van der Waals surface area contributed by atoms with Crippen LogP contribution in [0.5, 0.6) is 0 Å². The Hall–Kier alpha value is -4.96. The van der Waals surface area contributed by atoms with Crippen LogP contribution in [0.1, 0.15) is 66.5 Å². The van der Waals surface area contributed by atoms with E-state index in [1.54, 1.807) is 0 Å². The van der Waals surface area contributed by atoms with Crippen LogP contribution in [0.4, 0.5) is 17.6 Å². The maximum Gasteiger partial charge on any atom is 0.133 e. The first-order chi connectivity index (χ1) is 23.7. The van der Waals surface area contributed by atoms with Gasteiger partial charge < -0.3 is 0 Å². The lowest BCUT2D eigenvalue weighted by molar-refractivity contribution is 0.441. The topological polar surface area (TPSA) is 0 Å². The Kier molecular flexibility index (Phi) is 10.1. The van der Waals surface area contributed by atoms with Crippen molar-refractivity contribution in [3.05, 3.63) is 190 Å². The fraction of sp³-hybridized carbons (Fsp3) is 0.200. The second-order valence-corrected chi connectivity index (χ2v) is 13.0. The lowest BCUT2D eigenvalue weighted by Gasteiger charge is -2.40. The molecule has 0 bridgehead atoms. The third kappa shape index (κ3) is 7.24. The van der Waals surface area contributed by atoms with Crippen molar-refractivity contribution in [1.29, 1.82) is 0 Å². The summed E-state index contributed by atoms with van der Waals surface area (Å²) in [5, 5.41) is 0. The van der Waals surface area contributed by atoms with E-state index in [2.05, 4.69) is 81.4 Å². The van der Waals surface area contributed by atoms with Gasteiger partial charge in [0.25, 0.3) is 0 Å². The van der Waals surface area contributed by atoms with Crippen LogP contribution >= 0.6 is 0 Å². The zero-order chi connectivity index (χ0) is 34.5. The van der Waals surface area contributed by atoms with Crippen molar-refractivity contribution in [2.45, 2.75) is 57.8 Å². The summed E-state index contributed by atoms with van der Waals surface area (Å²) < 4.78 is 56.7. The highest BCUT2D eigenvalue weighted by atomic mass is 19.1. The Morgan fingerprint density at radius 1 is 0.510 bits per heavy atom. The summed E-state index contributed by atoms with van der Waals surface area (Å²) in [5.74, 6) is -2.43. The fourth-order valence-electron chi connectivity index (χ4n) is 7.02. The zero-order valence-corrected chi connectivity index (χ0v) is 28.1. The van der Waals surface area contributed by atoms with Gasteiger partial charge in [-0.25, -0.2) is 17.6 Å². The van der Waals surface area contributed by atoms with Crippen LogP contribution in [0, 0.1) is 23.3 Å². The molecule has 49 heavy (non-hydrogen) atoms. The molecule has 6 aromatic rings. The Bertz CT molecular complexity index is 2010. The van der Waals surface area contributed by atoms with Crippen molar-refractivity contribution < 1.29 is 17.6 Å². The Balaban J connectivity index is 1.47. The van der Waals surface area contributed by atoms with Gasteiger partial charge in [-0.2, -0.15) is 0 Å². The van der Waals surface area contributed by atoms with Crippen LogP contribution in [-0.2, 0) is 24.7 Å². The number of hydrogen-bond acceptors (Lipinski definition) is 0. The van der Waals surface area contributed by atoms with Gasteiger partial charge in [0.1, 0.15) is 23.3 Å². The minimum absolute atomic E-state index is 0.0303. The molecule has 0 aliphatic carbocycles. The van der Waals surface area contributed by atoms with Crippen LogP contribution in [-0.4, -0.2) is 0 Å². The summed E-state index contributed by atoms with van der Waals surface area (Å²) in [6, 6.07) is 40.8. The van der Waals surface area contributed by atoms with Crippen LogP contribution in [0.25, 0.3) is 22.3 Å². The average molecular weight is 657 g/mol. The standard InChI is InChI=1S/C45H40F4/c1-4-6-31-11-19-36(20-12-31)45(3,37-21-17-34(18-22-37)41-26-24-39(47)29-44(41)49)42(35-15-7-30(5-2)8-16-35)27-32-9-13-33(14-10-32)40-25-23-38(46)28-43(40)48/h7-26,28-29,42H,4-6,27H2,1-3H3. The van der Waals surface area contributed by atoms with Gasteiger partial charge in [-0.3, -0.25) is 0 Å². The third-order valence-electron chi connectivity index (χ3n) is 9.94. The third-order valence-corrected chi connectivity index (χ3v) is 9.94. The zero-order valence-electron chi connectivity index (χ0n) is 28.1. The molecule has 4 heteroatoms. The summed E-state index contributed by atoms with van der Waals surface area (Å²) in [7, 11) is 0. The van der Waals surface area contributed by atoms with E-state index in [0.29, 0.717) is 28.7 Å². The molecule has 0 spiro atoms. The van der Waals surface area contributed by atoms with Gasteiger partial charge in [0, 0.05) is 34.6 Å². The highest BCUT2D eigenvalue weighted by Crippen LogP contribution is 2.47. The summed E-state index contributed by atoms with van der Waals surface area (Å²) >= 11 is 0. The van der Waals surface area contributed by atoms with Crippen LogP contribution < -0.4 is 0 Å². The molecule has 0 aromatic heterocycles. The molecule has 2 unspecified atom stereocenters. The van der Waals surface area contributed by atoms with Crippen LogP contribution in [0.3, 0.4) is 0 Å². The predicted molar refractivity (Wildman–Crippen MR) is 193 cm³/mol. The smallest absolute Gasteiger partial charge is 0.133 e. The molecular formula is C45H40F4. The molecule has 0 aliphatic rings. The van der Waals surface area contributed by atoms with E-state index in [-0.39, 0.29) is 5.92 Å². The maximum absolute atomic E-state index is 14.8. The van der Waals surface area contributed by atoms with Crippen molar-refractivity contribution >= 4 is 0 Å². The second-order valence-electron chi connectivity index (χ2n) is 13.0. The van der Waals surface area contributed by atoms with E-state index in [0.717, 1.165) is 48.1 Å². The molecule has 0 radical (unpaired) electrons. The van der Waals surface area contributed by atoms with Gasteiger partial charge in [-0.1, -0.05) is 124 Å². The molecule has 6 rings (SSSR count). The van der Waals surface area contributed by atoms with Crippen molar-refractivity contribution in [3.8, 4) is 22.3 Å². The lowest BCUT2D eigenvalue weighted by Crippen LogP contribution is -2.33. The summed E-state index contributed by atoms with van der Waals surface area (Å²) in [6.45, 7) is 6.59. The summed E-state index contributed by atoms with van der Waals surface area (Å²) in [6.07, 6.45) is 3.67. The lowest BCUT2D eigenvalue weighted by atomic mass is 9.63. The number of halogens is 4. The average Bonchev–Trinajstić information content (AvgIpc) is 3.11. The Labute approximate surface area is 287 Å². The quantitative estimate of drug-likeness (QED) is 0.122. The summed E-state index contributed by atoms with van der Waals surface area (Å²) in [4.78, 5) is 0. The van der Waals surface area contributed by atoms with Gasteiger partial charge in [-0.05, 0) is 88.0 Å². The molecule has 0 amide bonds. The molecule has 6 aromatic carbocycles. The van der Waals surface area contributed by atoms with Gasteiger partial charge in [0.2, 0.25) is 0 Å². The largest absolute Gasteiger partial charge is 0.207 e. The first-order valence-corrected chi connectivity index (χ1v) is 17.0. The normalized spacial score (nSPS) is 13.2. The molecule has 0 heterocycles. The van der Waals surface area contributed by atoms with Gasteiger partial charge in [-0.15, -0.1) is 0 Å². The molecule has 0 fully saturated rings. The molecule has 2 atom stereocenters.